The molecular weight excluding hydrogens is 284 g/mol. The van der Waals surface area contributed by atoms with Gasteiger partial charge in [0.1, 0.15) is 0 Å². The van der Waals surface area contributed by atoms with Crippen LogP contribution in [0.4, 0.5) is 0 Å². The number of rotatable bonds is 4. The van der Waals surface area contributed by atoms with Gasteiger partial charge in [0, 0.05) is 11.3 Å². The Labute approximate surface area is 126 Å². The molecule has 0 atom stereocenters. The molecule has 0 radical (unpaired) electrons. The molecule has 0 aliphatic carbocycles. The van der Waals surface area contributed by atoms with E-state index in [0.717, 1.165) is 10.4 Å². The van der Waals surface area contributed by atoms with Gasteiger partial charge in [0.25, 0.3) is 0 Å². The van der Waals surface area contributed by atoms with Crippen LogP contribution in [0.5, 0.6) is 0 Å². The fourth-order valence-electron chi connectivity index (χ4n) is 2.10. The Morgan fingerprint density at radius 1 is 1.14 bits per heavy atom. The number of aromatic nitrogens is 2. The Bertz CT molecular complexity index is 769. The molecule has 0 unspecified atom stereocenters. The van der Waals surface area contributed by atoms with Gasteiger partial charge in [-0.15, -0.1) is 11.3 Å². The van der Waals surface area contributed by atoms with E-state index in [-0.39, 0.29) is 0 Å². The van der Waals surface area contributed by atoms with Crippen LogP contribution in [0.1, 0.15) is 28.0 Å². The second-order valence-corrected chi connectivity index (χ2v) is 5.52. The van der Waals surface area contributed by atoms with E-state index < -0.39 is 5.97 Å². The molecule has 0 aliphatic heterocycles. The third-order valence-corrected chi connectivity index (χ3v) is 3.91. The third-order valence-electron chi connectivity index (χ3n) is 3.03. The minimum Gasteiger partial charge on any atom is -0.461 e. The van der Waals surface area contributed by atoms with Gasteiger partial charge in [-0.1, -0.05) is 18.2 Å². The van der Waals surface area contributed by atoms with Gasteiger partial charge in [-0.3, -0.25) is 0 Å². The zero-order valence-corrected chi connectivity index (χ0v) is 12.4. The number of ether oxygens (including phenoxy) is 1. The monoisotopic (exact) mass is 298 g/mol. The molecule has 0 amide bonds. The lowest BCUT2D eigenvalue weighted by atomic mass is 10.2. The Morgan fingerprint density at radius 3 is 2.57 bits per heavy atom. The lowest BCUT2D eigenvalue weighted by molar-refractivity contribution is 0.0518. The van der Waals surface area contributed by atoms with Crippen molar-refractivity contribution in [2.75, 3.05) is 6.61 Å². The van der Waals surface area contributed by atoms with Crippen molar-refractivity contribution in [3.8, 4) is 0 Å². The maximum atomic E-state index is 12.1. The molecule has 3 aromatic rings. The van der Waals surface area contributed by atoms with E-state index in [1.807, 2.05) is 41.8 Å². The largest absolute Gasteiger partial charge is 0.461 e. The fraction of sp³-hybridized carbons (Fsp3) is 0.188. The SMILES string of the molecule is CCOC(=O)c1nc2ccccc2nc1Cc1cccs1. The van der Waals surface area contributed by atoms with Crippen LogP contribution in [0.3, 0.4) is 0 Å². The summed E-state index contributed by atoms with van der Waals surface area (Å²) >= 11 is 1.64. The van der Waals surface area contributed by atoms with Gasteiger partial charge in [0.15, 0.2) is 5.69 Å². The predicted molar refractivity (Wildman–Crippen MR) is 82.6 cm³/mol. The second kappa shape index (κ2) is 6.01. The predicted octanol–water partition coefficient (Wildman–Crippen LogP) is 3.46. The average molecular weight is 298 g/mol. The second-order valence-electron chi connectivity index (χ2n) is 4.48. The molecule has 3 rings (SSSR count). The van der Waals surface area contributed by atoms with Crippen LogP contribution in [0.2, 0.25) is 0 Å². The van der Waals surface area contributed by atoms with Gasteiger partial charge in [-0.2, -0.15) is 0 Å². The number of hydrogen-bond acceptors (Lipinski definition) is 5. The Hall–Kier alpha value is -2.27. The Morgan fingerprint density at radius 2 is 1.90 bits per heavy atom. The lowest BCUT2D eigenvalue weighted by Gasteiger charge is -2.08. The Kier molecular flexibility index (Phi) is 3.92. The number of hydrogen-bond donors (Lipinski definition) is 0. The summed E-state index contributed by atoms with van der Waals surface area (Å²) in [4.78, 5) is 22.3. The molecule has 21 heavy (non-hydrogen) atoms. The number of esters is 1. The molecule has 0 saturated carbocycles. The van der Waals surface area contributed by atoms with E-state index in [9.17, 15) is 4.79 Å². The first-order valence-electron chi connectivity index (χ1n) is 6.73. The minimum atomic E-state index is -0.415. The highest BCUT2D eigenvalue weighted by atomic mass is 32.1. The highest BCUT2D eigenvalue weighted by Gasteiger charge is 2.18. The first-order valence-corrected chi connectivity index (χ1v) is 7.61. The molecule has 0 N–H and O–H groups in total. The number of para-hydroxylation sites is 2. The zero-order chi connectivity index (χ0) is 14.7. The maximum absolute atomic E-state index is 12.1. The maximum Gasteiger partial charge on any atom is 0.358 e. The number of nitrogens with zero attached hydrogens (tertiary/aromatic N) is 2. The van der Waals surface area contributed by atoms with Gasteiger partial charge in [-0.25, -0.2) is 14.8 Å². The quantitative estimate of drug-likeness (QED) is 0.692. The van der Waals surface area contributed by atoms with E-state index in [1.165, 1.54) is 0 Å². The van der Waals surface area contributed by atoms with Crippen molar-refractivity contribution in [3.05, 3.63) is 58.0 Å². The van der Waals surface area contributed by atoms with Crippen LogP contribution in [-0.2, 0) is 11.2 Å². The highest BCUT2D eigenvalue weighted by Crippen LogP contribution is 2.19. The summed E-state index contributed by atoms with van der Waals surface area (Å²) in [6.07, 6.45) is 0.587. The summed E-state index contributed by atoms with van der Waals surface area (Å²) in [5, 5.41) is 2.01. The summed E-state index contributed by atoms with van der Waals surface area (Å²) in [7, 11) is 0. The molecule has 106 valence electrons. The van der Waals surface area contributed by atoms with Crippen LogP contribution in [0.25, 0.3) is 11.0 Å². The van der Waals surface area contributed by atoms with E-state index in [0.29, 0.717) is 29.9 Å². The molecule has 0 fully saturated rings. The molecule has 1 aromatic carbocycles. The van der Waals surface area contributed by atoms with Crippen molar-refractivity contribution >= 4 is 28.3 Å². The summed E-state index contributed by atoms with van der Waals surface area (Å²) in [5.74, 6) is -0.415. The number of carbonyl (C=O) groups excluding carboxylic acids is 1. The molecule has 0 bridgehead atoms. The van der Waals surface area contributed by atoms with E-state index in [4.69, 9.17) is 4.74 Å². The van der Waals surface area contributed by atoms with Crippen molar-refractivity contribution in [1.29, 1.82) is 0 Å². The molecule has 2 heterocycles. The Balaban J connectivity index is 2.09. The van der Waals surface area contributed by atoms with Crippen LogP contribution in [-0.4, -0.2) is 22.5 Å². The van der Waals surface area contributed by atoms with E-state index in [2.05, 4.69) is 9.97 Å². The summed E-state index contributed by atoms with van der Waals surface area (Å²) in [6.45, 7) is 2.11. The number of thiophene rings is 1. The number of carbonyl (C=O) groups is 1. The number of fused-ring (bicyclic) bond motifs is 1. The first kappa shape index (κ1) is 13.7. The summed E-state index contributed by atoms with van der Waals surface area (Å²) in [6, 6.07) is 11.5. The summed E-state index contributed by atoms with van der Waals surface area (Å²) in [5.41, 5.74) is 2.46. The smallest absolute Gasteiger partial charge is 0.358 e. The molecule has 4 nitrogen and oxygen atoms in total. The average Bonchev–Trinajstić information content (AvgIpc) is 3.00. The van der Waals surface area contributed by atoms with Crippen LogP contribution in [0, 0.1) is 0 Å². The molecule has 5 heteroatoms. The van der Waals surface area contributed by atoms with Gasteiger partial charge in [0.05, 0.1) is 23.3 Å². The van der Waals surface area contributed by atoms with Gasteiger partial charge >= 0.3 is 5.97 Å². The van der Waals surface area contributed by atoms with Gasteiger partial charge in [-0.05, 0) is 30.5 Å². The summed E-state index contributed by atoms with van der Waals surface area (Å²) < 4.78 is 5.10. The molecule has 0 saturated heterocycles. The van der Waals surface area contributed by atoms with Crippen LogP contribution < -0.4 is 0 Å². The van der Waals surface area contributed by atoms with Crippen molar-refractivity contribution in [3.63, 3.8) is 0 Å². The standard InChI is InChI=1S/C16H14N2O2S/c1-2-20-16(19)15-14(10-11-6-5-9-21-11)17-12-7-3-4-8-13(12)18-15/h3-9H,2,10H2,1H3. The normalized spacial score (nSPS) is 10.7. The van der Waals surface area contributed by atoms with E-state index >= 15 is 0 Å². The van der Waals surface area contributed by atoms with E-state index in [1.54, 1.807) is 18.3 Å². The van der Waals surface area contributed by atoms with Crippen LogP contribution >= 0.6 is 11.3 Å². The highest BCUT2D eigenvalue weighted by molar-refractivity contribution is 7.09. The fourth-order valence-corrected chi connectivity index (χ4v) is 2.81. The topological polar surface area (TPSA) is 52.1 Å². The number of benzene rings is 1. The lowest BCUT2D eigenvalue weighted by Crippen LogP contribution is -2.13. The third kappa shape index (κ3) is 2.92. The van der Waals surface area contributed by atoms with Crippen molar-refractivity contribution in [2.24, 2.45) is 0 Å². The van der Waals surface area contributed by atoms with Crippen molar-refractivity contribution < 1.29 is 9.53 Å². The van der Waals surface area contributed by atoms with Gasteiger partial charge < -0.3 is 4.74 Å². The first-order chi connectivity index (χ1) is 10.3. The zero-order valence-electron chi connectivity index (χ0n) is 11.6. The van der Waals surface area contributed by atoms with Crippen LogP contribution in [0.15, 0.2) is 41.8 Å². The minimum absolute atomic E-state index is 0.309. The molecular formula is C16H14N2O2S. The van der Waals surface area contributed by atoms with Gasteiger partial charge in [0.2, 0.25) is 0 Å². The molecule has 0 spiro atoms. The van der Waals surface area contributed by atoms with Crippen molar-refractivity contribution in [1.82, 2.24) is 9.97 Å². The molecule has 0 aliphatic rings. The van der Waals surface area contributed by atoms with Crippen molar-refractivity contribution in [2.45, 2.75) is 13.3 Å². The molecule has 2 aromatic heterocycles.